The van der Waals surface area contributed by atoms with Crippen LogP contribution in [0.15, 0.2) is 47.6 Å². The van der Waals surface area contributed by atoms with Gasteiger partial charge in [-0.3, -0.25) is 9.59 Å². The van der Waals surface area contributed by atoms with E-state index >= 15 is 0 Å². The second kappa shape index (κ2) is 9.35. The van der Waals surface area contributed by atoms with E-state index in [9.17, 15) is 14.4 Å². The van der Waals surface area contributed by atoms with E-state index in [2.05, 4.69) is 15.8 Å². The van der Waals surface area contributed by atoms with Crippen molar-refractivity contribution in [2.75, 3.05) is 7.11 Å². The first-order valence-corrected chi connectivity index (χ1v) is 8.05. The normalized spacial score (nSPS) is 10.4. The SMILES string of the molecule is COc1ccc(/C=N\NC(=O)C(=O)NCc2ccc(Cl)cc2)cc1C(=O)O. The Morgan fingerprint density at radius 2 is 1.85 bits per heavy atom. The molecule has 2 aromatic carbocycles. The average Bonchev–Trinajstić information content (AvgIpc) is 2.67. The number of nitrogens with one attached hydrogen (secondary N) is 2. The predicted molar refractivity (Wildman–Crippen MR) is 99.0 cm³/mol. The van der Waals surface area contributed by atoms with Crippen LogP contribution in [0, 0.1) is 0 Å². The van der Waals surface area contributed by atoms with Crippen LogP contribution in [0.2, 0.25) is 5.02 Å². The predicted octanol–water partition coefficient (Wildman–Crippen LogP) is 1.81. The fourth-order valence-corrected chi connectivity index (χ4v) is 2.18. The maximum Gasteiger partial charge on any atom is 0.339 e. The summed E-state index contributed by atoms with van der Waals surface area (Å²) in [7, 11) is 1.36. The highest BCUT2D eigenvalue weighted by molar-refractivity contribution is 6.35. The number of aromatic carboxylic acids is 1. The Hall–Kier alpha value is -3.39. The van der Waals surface area contributed by atoms with Crippen LogP contribution in [-0.2, 0) is 16.1 Å². The number of carbonyl (C=O) groups is 3. The highest BCUT2D eigenvalue weighted by Gasteiger charge is 2.13. The van der Waals surface area contributed by atoms with Gasteiger partial charge in [-0.25, -0.2) is 10.2 Å². The third-order valence-electron chi connectivity index (χ3n) is 3.41. The summed E-state index contributed by atoms with van der Waals surface area (Å²) in [6.07, 6.45) is 1.22. The Kier molecular flexibility index (Phi) is 6.90. The lowest BCUT2D eigenvalue weighted by Gasteiger charge is -2.05. The van der Waals surface area contributed by atoms with Gasteiger partial charge in [-0.05, 0) is 41.5 Å². The number of rotatable bonds is 6. The molecular weight excluding hydrogens is 374 g/mol. The highest BCUT2D eigenvalue weighted by atomic mass is 35.5. The lowest BCUT2D eigenvalue weighted by Crippen LogP contribution is -2.37. The zero-order chi connectivity index (χ0) is 19.8. The molecule has 0 radical (unpaired) electrons. The minimum atomic E-state index is -1.16. The zero-order valence-electron chi connectivity index (χ0n) is 14.2. The molecule has 0 saturated heterocycles. The van der Waals surface area contributed by atoms with Gasteiger partial charge in [0, 0.05) is 11.6 Å². The van der Waals surface area contributed by atoms with Crippen molar-refractivity contribution in [3.8, 4) is 5.75 Å². The number of benzene rings is 2. The van der Waals surface area contributed by atoms with Gasteiger partial charge in [-0.1, -0.05) is 23.7 Å². The molecule has 3 N–H and O–H groups in total. The van der Waals surface area contributed by atoms with E-state index in [4.69, 9.17) is 21.4 Å². The molecule has 0 heterocycles. The quantitative estimate of drug-likeness (QED) is 0.395. The number of carbonyl (C=O) groups excluding carboxylic acids is 2. The number of hydrazone groups is 1. The summed E-state index contributed by atoms with van der Waals surface area (Å²) in [5.74, 6) is -2.77. The van der Waals surface area contributed by atoms with Crippen molar-refractivity contribution < 1.29 is 24.2 Å². The van der Waals surface area contributed by atoms with E-state index in [1.54, 1.807) is 30.3 Å². The molecule has 140 valence electrons. The van der Waals surface area contributed by atoms with Crippen molar-refractivity contribution in [3.05, 3.63) is 64.2 Å². The Labute approximate surface area is 159 Å². The number of methoxy groups -OCH3 is 1. The van der Waals surface area contributed by atoms with Crippen molar-refractivity contribution in [2.24, 2.45) is 5.10 Å². The molecule has 9 heteroatoms. The van der Waals surface area contributed by atoms with Crippen molar-refractivity contribution in [1.82, 2.24) is 10.7 Å². The molecule has 0 aliphatic rings. The van der Waals surface area contributed by atoms with Gasteiger partial charge < -0.3 is 15.2 Å². The fraction of sp³-hybridized carbons (Fsp3) is 0.111. The number of ether oxygens (including phenoxy) is 1. The van der Waals surface area contributed by atoms with Gasteiger partial charge in [0.1, 0.15) is 11.3 Å². The lowest BCUT2D eigenvalue weighted by atomic mass is 10.1. The molecule has 0 aliphatic carbocycles. The largest absolute Gasteiger partial charge is 0.496 e. The Morgan fingerprint density at radius 3 is 2.48 bits per heavy atom. The maximum absolute atomic E-state index is 11.7. The van der Waals surface area contributed by atoms with E-state index in [1.165, 1.54) is 25.5 Å². The second-order valence-corrected chi connectivity index (χ2v) is 5.71. The molecular formula is C18H16ClN3O5. The molecule has 0 unspecified atom stereocenters. The van der Waals surface area contributed by atoms with E-state index < -0.39 is 17.8 Å². The number of hydrogen-bond donors (Lipinski definition) is 3. The summed E-state index contributed by atoms with van der Waals surface area (Å²) >= 11 is 5.77. The van der Waals surface area contributed by atoms with Crippen LogP contribution in [0.4, 0.5) is 0 Å². The first-order chi connectivity index (χ1) is 12.9. The van der Waals surface area contributed by atoms with Gasteiger partial charge in [0.25, 0.3) is 0 Å². The van der Waals surface area contributed by atoms with Crippen LogP contribution >= 0.6 is 11.6 Å². The van der Waals surface area contributed by atoms with E-state index in [-0.39, 0.29) is 17.9 Å². The number of halogens is 1. The second-order valence-electron chi connectivity index (χ2n) is 5.27. The molecule has 0 bridgehead atoms. The maximum atomic E-state index is 11.7. The van der Waals surface area contributed by atoms with Crippen LogP contribution in [0.1, 0.15) is 21.5 Å². The van der Waals surface area contributed by atoms with E-state index in [0.717, 1.165) is 5.56 Å². The zero-order valence-corrected chi connectivity index (χ0v) is 15.0. The van der Waals surface area contributed by atoms with Crippen LogP contribution in [0.25, 0.3) is 0 Å². The molecule has 0 fully saturated rings. The van der Waals surface area contributed by atoms with Crippen molar-refractivity contribution in [2.45, 2.75) is 6.54 Å². The van der Waals surface area contributed by atoms with Crippen molar-refractivity contribution in [3.63, 3.8) is 0 Å². The molecule has 2 aromatic rings. The summed E-state index contributed by atoms with van der Waals surface area (Å²) in [6.45, 7) is 0.160. The molecule has 0 spiro atoms. The van der Waals surface area contributed by atoms with Crippen LogP contribution in [-0.4, -0.2) is 36.2 Å². The number of carboxylic acid groups (broad SMARTS) is 1. The minimum Gasteiger partial charge on any atom is -0.496 e. The fourth-order valence-electron chi connectivity index (χ4n) is 2.05. The summed E-state index contributed by atoms with van der Waals surface area (Å²) in [5.41, 5.74) is 3.22. The Balaban J connectivity index is 1.90. The molecule has 0 saturated carbocycles. The third-order valence-corrected chi connectivity index (χ3v) is 3.66. The molecule has 0 atom stereocenters. The average molecular weight is 390 g/mol. The first kappa shape index (κ1) is 19.9. The number of hydrogen-bond acceptors (Lipinski definition) is 5. The monoisotopic (exact) mass is 389 g/mol. The standard InChI is InChI=1S/C18H16ClN3O5/c1-27-15-7-4-12(8-14(15)18(25)26)10-21-22-17(24)16(23)20-9-11-2-5-13(19)6-3-11/h2-8,10H,9H2,1H3,(H,20,23)(H,22,24)(H,25,26)/b21-10-. The molecule has 8 nitrogen and oxygen atoms in total. The number of amides is 2. The first-order valence-electron chi connectivity index (χ1n) is 7.67. The van der Waals surface area contributed by atoms with Gasteiger partial charge in [0.2, 0.25) is 0 Å². The summed E-state index contributed by atoms with van der Waals surface area (Å²) < 4.78 is 4.95. The van der Waals surface area contributed by atoms with E-state index in [0.29, 0.717) is 10.6 Å². The van der Waals surface area contributed by atoms with Gasteiger partial charge in [-0.2, -0.15) is 5.10 Å². The molecule has 2 rings (SSSR count). The summed E-state index contributed by atoms with van der Waals surface area (Å²) in [4.78, 5) is 34.6. The smallest absolute Gasteiger partial charge is 0.339 e. The van der Waals surface area contributed by atoms with Crippen LogP contribution in [0.5, 0.6) is 5.75 Å². The van der Waals surface area contributed by atoms with Gasteiger partial charge in [0.05, 0.1) is 13.3 Å². The molecule has 27 heavy (non-hydrogen) atoms. The lowest BCUT2D eigenvalue weighted by molar-refractivity contribution is -0.139. The van der Waals surface area contributed by atoms with E-state index in [1.807, 2.05) is 0 Å². The van der Waals surface area contributed by atoms with Crippen molar-refractivity contribution in [1.29, 1.82) is 0 Å². The van der Waals surface area contributed by atoms with Crippen LogP contribution in [0.3, 0.4) is 0 Å². The molecule has 0 aliphatic heterocycles. The third kappa shape index (κ3) is 5.82. The van der Waals surface area contributed by atoms with Gasteiger partial charge >= 0.3 is 17.8 Å². The summed E-state index contributed by atoms with van der Waals surface area (Å²) in [5, 5.41) is 15.8. The Bertz CT molecular complexity index is 881. The minimum absolute atomic E-state index is 0.0477. The van der Waals surface area contributed by atoms with Crippen LogP contribution < -0.4 is 15.5 Å². The van der Waals surface area contributed by atoms with Gasteiger partial charge in [0.15, 0.2) is 0 Å². The van der Waals surface area contributed by atoms with Crippen molar-refractivity contribution >= 4 is 35.6 Å². The Morgan fingerprint density at radius 1 is 1.15 bits per heavy atom. The summed E-state index contributed by atoms with van der Waals surface area (Å²) in [6, 6.07) is 11.1. The highest BCUT2D eigenvalue weighted by Crippen LogP contribution is 2.19. The van der Waals surface area contributed by atoms with Gasteiger partial charge in [-0.15, -0.1) is 0 Å². The number of nitrogens with zero attached hydrogens (tertiary/aromatic N) is 1. The number of carboxylic acids is 1. The molecule has 2 amide bonds. The molecule has 0 aromatic heterocycles. The topological polar surface area (TPSA) is 117 Å².